The summed E-state index contributed by atoms with van der Waals surface area (Å²) in [5, 5.41) is 12.9. The smallest absolute Gasteiger partial charge is 0.326 e. The number of imide groups is 1. The fraction of sp³-hybridized carbons (Fsp3) is 0.833. The molecule has 0 aliphatic carbocycles. The summed E-state index contributed by atoms with van der Waals surface area (Å²) in [6.45, 7) is 13.3. The molecule has 0 aromatic rings. The number of nitrogens with zero attached hydrogens (tertiary/aromatic N) is 4. The quantitative estimate of drug-likeness (QED) is 0.116. The fourth-order valence-electron chi connectivity index (χ4n) is 4.37. The molecule has 0 rings (SSSR count). The number of urea groups is 1. The van der Waals surface area contributed by atoms with Gasteiger partial charge in [-0.25, -0.2) is 4.79 Å². The molecule has 0 aliphatic heterocycles. The first-order valence-electron chi connectivity index (χ1n) is 15.3. The minimum Gasteiger partial charge on any atom is -0.391 e. The summed E-state index contributed by atoms with van der Waals surface area (Å²) in [6, 6.07) is -3.65. The molecule has 0 aromatic carbocycles. The van der Waals surface area contributed by atoms with Crippen molar-refractivity contribution in [2.45, 2.75) is 98.1 Å². The van der Waals surface area contributed by atoms with Crippen molar-refractivity contribution in [2.24, 2.45) is 29.2 Å². The molecular formula is C30H59N7O7. The number of hydrogen-bond donors (Lipinski definition) is 4. The molecule has 5 atom stereocenters. The normalized spacial score (nSPS) is 15.0. The zero-order valence-electron chi connectivity index (χ0n) is 28.7. The number of nitrogens with two attached hydrogens (primary N) is 2. The van der Waals surface area contributed by atoms with Crippen LogP contribution >= 0.6 is 0 Å². The summed E-state index contributed by atoms with van der Waals surface area (Å²) in [7, 11) is 5.73. The van der Waals surface area contributed by atoms with Crippen LogP contribution in [0.5, 0.6) is 0 Å². The van der Waals surface area contributed by atoms with Crippen molar-refractivity contribution in [3.63, 3.8) is 0 Å². The fourth-order valence-corrected chi connectivity index (χ4v) is 4.37. The van der Waals surface area contributed by atoms with Crippen LogP contribution in [0.4, 0.5) is 4.79 Å². The lowest BCUT2D eigenvalue weighted by Crippen LogP contribution is -2.60. The van der Waals surface area contributed by atoms with Crippen LogP contribution in [0.15, 0.2) is 0 Å². The second-order valence-electron chi connectivity index (χ2n) is 12.9. The zero-order chi connectivity index (χ0) is 34.5. The van der Waals surface area contributed by atoms with Crippen LogP contribution in [0, 0.1) is 17.8 Å². The van der Waals surface area contributed by atoms with E-state index in [1.54, 1.807) is 0 Å². The maximum absolute atomic E-state index is 13.8. The van der Waals surface area contributed by atoms with Gasteiger partial charge < -0.3 is 36.0 Å². The number of carbonyl (C=O) groups excluding carboxylic acids is 5. The topological polar surface area (TPSA) is 192 Å². The Morgan fingerprint density at radius 3 is 1.82 bits per heavy atom. The predicted octanol–water partition coefficient (Wildman–Crippen LogP) is 0.415. The molecule has 14 heteroatoms. The average Bonchev–Trinajstić information content (AvgIpc) is 2.93. The molecular weight excluding hydrogens is 570 g/mol. The van der Waals surface area contributed by atoms with Crippen molar-refractivity contribution in [3.8, 4) is 0 Å². The van der Waals surface area contributed by atoms with E-state index in [0.717, 1.165) is 16.2 Å². The van der Waals surface area contributed by atoms with Gasteiger partial charge in [0.05, 0.1) is 25.3 Å². The average molecular weight is 630 g/mol. The van der Waals surface area contributed by atoms with Crippen molar-refractivity contribution >= 4 is 29.7 Å². The first-order chi connectivity index (χ1) is 20.2. The van der Waals surface area contributed by atoms with Crippen LogP contribution < -0.4 is 16.8 Å². The van der Waals surface area contributed by atoms with Crippen molar-refractivity contribution in [1.29, 1.82) is 0 Å². The molecule has 0 saturated heterocycles. The van der Waals surface area contributed by atoms with Crippen LogP contribution in [-0.4, -0.2) is 133 Å². The number of primary amides is 1. The number of aliphatic hydroxyl groups excluding tert-OH is 1. The third-order valence-corrected chi connectivity index (χ3v) is 7.34. The van der Waals surface area contributed by atoms with Gasteiger partial charge in [-0.15, -0.1) is 0 Å². The summed E-state index contributed by atoms with van der Waals surface area (Å²) < 4.78 is 5.89. The van der Waals surface area contributed by atoms with Gasteiger partial charge in [-0.2, -0.15) is 0 Å². The Hall–Kier alpha value is -2.81. The second-order valence-corrected chi connectivity index (χ2v) is 12.9. The van der Waals surface area contributed by atoms with Crippen LogP contribution in [0.1, 0.15) is 67.7 Å². The molecule has 0 unspecified atom stereocenters. The Kier molecular flexibility index (Phi) is 18.3. The molecule has 6 N–H and O–H groups in total. The SMILES string of the molecule is CC(C)CCOC[C@@H](N[C@@H](CC(C)C)C(=O)N(C)C(=O)N(C)[C@@H](CC(C)C)C(N)=O)N(C)C(=O)CN(C)C(=O)[C@@H](N)[C@@H](C)O. The maximum Gasteiger partial charge on any atom is 0.326 e. The first-order valence-corrected chi connectivity index (χ1v) is 15.3. The van der Waals surface area contributed by atoms with Crippen molar-refractivity contribution in [1.82, 2.24) is 24.9 Å². The van der Waals surface area contributed by atoms with E-state index in [-0.39, 0.29) is 25.0 Å². The highest BCUT2D eigenvalue weighted by atomic mass is 16.5. The lowest BCUT2D eigenvalue weighted by atomic mass is 10.0. The molecule has 0 aliphatic rings. The first kappa shape index (κ1) is 41.2. The summed E-state index contributed by atoms with van der Waals surface area (Å²) >= 11 is 0. The van der Waals surface area contributed by atoms with Crippen molar-refractivity contribution in [3.05, 3.63) is 0 Å². The van der Waals surface area contributed by atoms with E-state index < -0.39 is 60.1 Å². The highest BCUT2D eigenvalue weighted by Gasteiger charge is 2.35. The minimum atomic E-state index is -1.18. The molecule has 0 bridgehead atoms. The molecule has 0 heterocycles. The Bertz CT molecular complexity index is 945. The Labute approximate surface area is 263 Å². The molecule has 256 valence electrons. The number of nitrogens with one attached hydrogen (secondary N) is 1. The van der Waals surface area contributed by atoms with E-state index in [9.17, 15) is 29.1 Å². The number of rotatable bonds is 19. The third-order valence-electron chi connectivity index (χ3n) is 7.34. The molecule has 0 aromatic heterocycles. The molecule has 0 spiro atoms. The van der Waals surface area contributed by atoms with Gasteiger partial charge in [-0.1, -0.05) is 41.5 Å². The number of aliphatic hydroxyl groups is 1. The number of carbonyl (C=O) groups is 5. The molecule has 44 heavy (non-hydrogen) atoms. The summed E-state index contributed by atoms with van der Waals surface area (Å²) in [4.78, 5) is 69.7. The van der Waals surface area contributed by atoms with Gasteiger partial charge in [0.15, 0.2) is 0 Å². The summed E-state index contributed by atoms with van der Waals surface area (Å²) in [5.41, 5.74) is 11.3. The summed E-state index contributed by atoms with van der Waals surface area (Å²) in [5.74, 6) is -1.75. The highest BCUT2D eigenvalue weighted by Crippen LogP contribution is 2.15. The largest absolute Gasteiger partial charge is 0.391 e. The molecule has 0 radical (unpaired) electrons. The lowest BCUT2D eigenvalue weighted by molar-refractivity contribution is -0.143. The van der Waals surface area contributed by atoms with Gasteiger partial charge in [0.1, 0.15) is 18.2 Å². The number of likely N-dealkylation sites (N-methyl/N-ethyl adjacent to an activating group) is 4. The van der Waals surface area contributed by atoms with Crippen LogP contribution in [0.25, 0.3) is 0 Å². The van der Waals surface area contributed by atoms with Crippen LogP contribution in [0.2, 0.25) is 0 Å². The minimum absolute atomic E-state index is 0.0335. The predicted molar refractivity (Wildman–Crippen MR) is 169 cm³/mol. The lowest BCUT2D eigenvalue weighted by Gasteiger charge is -2.36. The van der Waals surface area contributed by atoms with E-state index in [1.807, 2.05) is 27.7 Å². The van der Waals surface area contributed by atoms with E-state index in [1.165, 1.54) is 44.9 Å². The Morgan fingerprint density at radius 1 is 0.818 bits per heavy atom. The molecule has 0 fully saturated rings. The molecule has 0 saturated carbocycles. The van der Waals surface area contributed by atoms with E-state index in [2.05, 4.69) is 19.2 Å². The van der Waals surface area contributed by atoms with Crippen LogP contribution in [-0.2, 0) is 23.9 Å². The maximum atomic E-state index is 13.8. The Balaban J connectivity index is 6.10. The van der Waals surface area contributed by atoms with Gasteiger partial charge in [-0.05, 0) is 43.9 Å². The third kappa shape index (κ3) is 13.9. The van der Waals surface area contributed by atoms with Crippen molar-refractivity contribution < 1.29 is 33.8 Å². The molecule has 6 amide bonds. The number of ether oxygens (including phenoxy) is 1. The Morgan fingerprint density at radius 2 is 1.36 bits per heavy atom. The van der Waals surface area contributed by atoms with Gasteiger partial charge in [0.25, 0.3) is 0 Å². The molecule has 14 nitrogen and oxygen atoms in total. The standard InChI is InChI=1S/C30H59N7O7/c1-18(2)12-13-44-17-24(36(10)25(39)16-34(8)29(42)26(31)21(7)38)33-22(14-19(3)4)28(41)37(11)30(43)35(9)23(27(32)40)15-20(5)6/h18-24,26,33,38H,12-17,31H2,1-11H3,(H2,32,40)/t21-,22+,23+,24+,26+/m1/s1. The second kappa shape index (κ2) is 19.6. The van der Waals surface area contributed by atoms with E-state index in [4.69, 9.17) is 16.2 Å². The van der Waals surface area contributed by atoms with Crippen LogP contribution in [0.3, 0.4) is 0 Å². The van der Waals surface area contributed by atoms with E-state index in [0.29, 0.717) is 25.4 Å². The van der Waals surface area contributed by atoms with Crippen molar-refractivity contribution in [2.75, 3.05) is 47.9 Å². The van der Waals surface area contributed by atoms with Gasteiger partial charge >= 0.3 is 6.03 Å². The zero-order valence-corrected chi connectivity index (χ0v) is 28.7. The number of hydrogen-bond acceptors (Lipinski definition) is 9. The highest BCUT2D eigenvalue weighted by molar-refractivity contribution is 5.98. The van der Waals surface area contributed by atoms with Gasteiger partial charge in [0, 0.05) is 34.8 Å². The van der Waals surface area contributed by atoms with Gasteiger partial charge in [0.2, 0.25) is 23.6 Å². The number of amides is 6. The summed E-state index contributed by atoms with van der Waals surface area (Å²) in [6.07, 6.45) is -0.426. The van der Waals surface area contributed by atoms with E-state index >= 15 is 0 Å². The monoisotopic (exact) mass is 629 g/mol. The van der Waals surface area contributed by atoms with Gasteiger partial charge in [-0.3, -0.25) is 29.4 Å².